The largest absolute Gasteiger partial charge is 0.497 e. The highest BCUT2D eigenvalue weighted by Crippen LogP contribution is 2.23. The number of amides is 2. The van der Waals surface area contributed by atoms with Crippen LogP contribution in [0.1, 0.15) is 26.3 Å². The van der Waals surface area contributed by atoms with Crippen LogP contribution in [0.4, 0.5) is 5.69 Å². The van der Waals surface area contributed by atoms with Gasteiger partial charge in [0, 0.05) is 17.6 Å². The summed E-state index contributed by atoms with van der Waals surface area (Å²) in [4.78, 5) is 27.5. The van der Waals surface area contributed by atoms with Crippen LogP contribution in [0.3, 0.4) is 0 Å². The van der Waals surface area contributed by atoms with Gasteiger partial charge in [-0.1, -0.05) is 29.8 Å². The van der Waals surface area contributed by atoms with Gasteiger partial charge in [-0.2, -0.15) is 0 Å². The molecule has 0 radical (unpaired) electrons. The number of anilines is 1. The second kappa shape index (κ2) is 11.4. The summed E-state index contributed by atoms with van der Waals surface area (Å²) in [7, 11) is -2.29. The zero-order valence-electron chi connectivity index (χ0n) is 19.4. The highest BCUT2D eigenvalue weighted by molar-refractivity contribution is 7.92. The Morgan fingerprint density at radius 2 is 1.67 bits per heavy atom. The van der Waals surface area contributed by atoms with Crippen LogP contribution in [0.25, 0.3) is 0 Å². The van der Waals surface area contributed by atoms with Gasteiger partial charge in [0.1, 0.15) is 18.3 Å². The Kier molecular flexibility index (Phi) is 9.13. The van der Waals surface area contributed by atoms with Crippen molar-refractivity contribution >= 4 is 39.1 Å². The Bertz CT molecular complexity index is 1070. The molecule has 0 heterocycles. The molecule has 0 spiro atoms. The summed E-state index contributed by atoms with van der Waals surface area (Å²) in [6, 6.07) is 12.4. The van der Waals surface area contributed by atoms with E-state index >= 15 is 0 Å². The van der Waals surface area contributed by atoms with Gasteiger partial charge in [0.05, 0.1) is 19.1 Å². The molecule has 0 aliphatic heterocycles. The lowest BCUT2D eigenvalue weighted by Gasteiger charge is -2.32. The smallest absolute Gasteiger partial charge is 0.244 e. The standard InChI is InChI=1S/C23H30ClN3O5S/c1-16(2)25-23(29)17(3)26(14-18-8-6-7-9-21(18)24)22(28)15-27(33(5,30)31)19-10-12-20(32-4)13-11-19/h6-13,16-17H,14-15H2,1-5H3,(H,25,29)/t17-/m1/s1. The van der Waals surface area contributed by atoms with E-state index in [-0.39, 0.29) is 18.5 Å². The number of rotatable bonds is 10. The van der Waals surface area contributed by atoms with E-state index in [9.17, 15) is 18.0 Å². The van der Waals surface area contributed by atoms with Gasteiger partial charge in [-0.05, 0) is 56.7 Å². The average Bonchev–Trinajstić information content (AvgIpc) is 2.75. The summed E-state index contributed by atoms with van der Waals surface area (Å²) >= 11 is 6.29. The van der Waals surface area contributed by atoms with Crippen LogP contribution in [0, 0.1) is 0 Å². The molecule has 1 atom stereocenters. The molecule has 0 fully saturated rings. The zero-order valence-corrected chi connectivity index (χ0v) is 21.0. The van der Waals surface area contributed by atoms with Crippen LogP contribution in [0.2, 0.25) is 5.02 Å². The van der Waals surface area contributed by atoms with Gasteiger partial charge < -0.3 is 15.0 Å². The summed E-state index contributed by atoms with van der Waals surface area (Å²) < 4.78 is 31.2. The number of methoxy groups -OCH3 is 1. The first kappa shape index (κ1) is 26.5. The van der Waals surface area contributed by atoms with Gasteiger partial charge in [0.2, 0.25) is 21.8 Å². The lowest BCUT2D eigenvalue weighted by molar-refractivity contribution is -0.139. The summed E-state index contributed by atoms with van der Waals surface area (Å²) in [5.41, 5.74) is 0.954. The fraction of sp³-hybridized carbons (Fsp3) is 0.391. The van der Waals surface area contributed by atoms with Crippen LogP contribution in [-0.2, 0) is 26.2 Å². The van der Waals surface area contributed by atoms with Crippen LogP contribution in [0.15, 0.2) is 48.5 Å². The topological polar surface area (TPSA) is 96.0 Å². The molecule has 0 bridgehead atoms. The van der Waals surface area contributed by atoms with Crippen molar-refractivity contribution in [2.75, 3.05) is 24.2 Å². The maximum absolute atomic E-state index is 13.4. The quantitative estimate of drug-likeness (QED) is 0.546. The maximum atomic E-state index is 13.4. The molecule has 0 aliphatic rings. The van der Waals surface area contributed by atoms with E-state index in [4.69, 9.17) is 16.3 Å². The number of hydrogen-bond acceptors (Lipinski definition) is 5. The molecular formula is C23H30ClN3O5S. The first-order valence-electron chi connectivity index (χ1n) is 10.4. The number of sulfonamides is 1. The van der Waals surface area contributed by atoms with E-state index in [1.54, 1.807) is 55.5 Å². The Morgan fingerprint density at radius 1 is 1.06 bits per heavy atom. The van der Waals surface area contributed by atoms with Crippen molar-refractivity contribution in [2.45, 2.75) is 39.4 Å². The number of nitrogens with one attached hydrogen (secondary N) is 1. The maximum Gasteiger partial charge on any atom is 0.244 e. The van der Waals surface area contributed by atoms with Crippen molar-refractivity contribution in [1.82, 2.24) is 10.2 Å². The Balaban J connectivity index is 2.39. The van der Waals surface area contributed by atoms with Gasteiger partial charge in [0.15, 0.2) is 0 Å². The minimum atomic E-state index is -3.79. The van der Waals surface area contributed by atoms with E-state index in [1.807, 2.05) is 13.8 Å². The monoisotopic (exact) mass is 495 g/mol. The van der Waals surface area contributed by atoms with Crippen molar-refractivity contribution in [2.24, 2.45) is 0 Å². The molecule has 0 unspecified atom stereocenters. The van der Waals surface area contributed by atoms with Gasteiger partial charge >= 0.3 is 0 Å². The van der Waals surface area contributed by atoms with Gasteiger partial charge in [-0.25, -0.2) is 8.42 Å². The van der Waals surface area contributed by atoms with Crippen molar-refractivity contribution in [1.29, 1.82) is 0 Å². The summed E-state index contributed by atoms with van der Waals surface area (Å²) in [6.45, 7) is 4.81. The molecule has 2 aromatic rings. The fourth-order valence-electron chi connectivity index (χ4n) is 3.16. The average molecular weight is 496 g/mol. The molecule has 2 rings (SSSR count). The molecule has 33 heavy (non-hydrogen) atoms. The van der Waals surface area contributed by atoms with E-state index in [2.05, 4.69) is 5.32 Å². The summed E-state index contributed by atoms with van der Waals surface area (Å²) in [6.07, 6.45) is 1.03. The second-order valence-electron chi connectivity index (χ2n) is 7.92. The molecule has 0 aromatic heterocycles. The predicted molar refractivity (Wildman–Crippen MR) is 130 cm³/mol. The highest BCUT2D eigenvalue weighted by Gasteiger charge is 2.30. The van der Waals surface area contributed by atoms with Gasteiger partial charge in [-0.3, -0.25) is 13.9 Å². The first-order chi connectivity index (χ1) is 15.4. The third kappa shape index (κ3) is 7.36. The highest BCUT2D eigenvalue weighted by atomic mass is 35.5. The number of benzene rings is 2. The van der Waals surface area contributed by atoms with Crippen LogP contribution >= 0.6 is 11.6 Å². The zero-order chi connectivity index (χ0) is 24.8. The van der Waals surface area contributed by atoms with Gasteiger partial charge in [0.25, 0.3) is 0 Å². The lowest BCUT2D eigenvalue weighted by atomic mass is 10.1. The molecule has 2 aromatic carbocycles. The normalized spacial score (nSPS) is 12.2. The van der Waals surface area contributed by atoms with Crippen LogP contribution in [0.5, 0.6) is 5.75 Å². The fourth-order valence-corrected chi connectivity index (χ4v) is 4.21. The van der Waals surface area contributed by atoms with Crippen LogP contribution < -0.4 is 14.4 Å². The van der Waals surface area contributed by atoms with Crippen molar-refractivity contribution in [3.63, 3.8) is 0 Å². The number of carbonyl (C=O) groups excluding carboxylic acids is 2. The first-order valence-corrected chi connectivity index (χ1v) is 12.6. The van der Waals surface area contributed by atoms with E-state index < -0.39 is 28.5 Å². The van der Waals surface area contributed by atoms with Crippen LogP contribution in [-0.4, -0.2) is 57.1 Å². The molecule has 180 valence electrons. The van der Waals surface area contributed by atoms with Crippen molar-refractivity contribution < 1.29 is 22.7 Å². The minimum Gasteiger partial charge on any atom is -0.497 e. The third-order valence-electron chi connectivity index (χ3n) is 4.94. The minimum absolute atomic E-state index is 0.0470. The molecular weight excluding hydrogens is 466 g/mol. The molecule has 0 saturated heterocycles. The Morgan fingerprint density at radius 3 is 2.18 bits per heavy atom. The summed E-state index contributed by atoms with van der Waals surface area (Å²) in [5, 5.41) is 3.24. The second-order valence-corrected chi connectivity index (χ2v) is 10.2. The third-order valence-corrected chi connectivity index (χ3v) is 6.45. The molecule has 1 N–H and O–H groups in total. The number of nitrogens with zero attached hydrogens (tertiary/aromatic N) is 2. The number of carbonyl (C=O) groups is 2. The Hall–Kier alpha value is -2.78. The molecule has 2 amide bonds. The SMILES string of the molecule is COc1ccc(N(CC(=O)N(Cc2ccccc2Cl)[C@H](C)C(=O)NC(C)C)S(C)(=O)=O)cc1. The number of ether oxygens (including phenoxy) is 1. The van der Waals surface area contributed by atoms with E-state index in [0.29, 0.717) is 22.0 Å². The van der Waals surface area contributed by atoms with Gasteiger partial charge in [-0.15, -0.1) is 0 Å². The predicted octanol–water partition coefficient (Wildman–Crippen LogP) is 3.06. The lowest BCUT2D eigenvalue weighted by Crippen LogP contribution is -2.52. The Labute approximate surface area is 200 Å². The molecule has 8 nitrogen and oxygen atoms in total. The van der Waals surface area contributed by atoms with E-state index in [0.717, 1.165) is 10.6 Å². The molecule has 0 aliphatic carbocycles. The summed E-state index contributed by atoms with van der Waals surface area (Å²) in [5.74, 6) is -0.332. The number of halogens is 1. The van der Waals surface area contributed by atoms with Crippen molar-refractivity contribution in [3.8, 4) is 5.75 Å². The number of hydrogen-bond donors (Lipinski definition) is 1. The van der Waals surface area contributed by atoms with Crippen molar-refractivity contribution in [3.05, 3.63) is 59.1 Å². The molecule has 10 heteroatoms. The molecule has 0 saturated carbocycles. The van der Waals surface area contributed by atoms with E-state index in [1.165, 1.54) is 12.0 Å².